The van der Waals surface area contributed by atoms with Crippen LogP contribution >= 0.6 is 11.8 Å². The van der Waals surface area contributed by atoms with Crippen LogP contribution in [0.5, 0.6) is 0 Å². The molecule has 0 aromatic rings. The number of carboxylic acids is 1. The highest BCUT2D eigenvalue weighted by Crippen LogP contribution is 2.03. The van der Waals surface area contributed by atoms with E-state index in [-0.39, 0.29) is 0 Å². The fourth-order valence-corrected chi connectivity index (χ4v) is 1.40. The Morgan fingerprint density at radius 3 is 2.83 bits per heavy atom. The van der Waals surface area contributed by atoms with Crippen LogP contribution in [-0.4, -0.2) is 35.0 Å². The van der Waals surface area contributed by atoms with Gasteiger partial charge in [0.15, 0.2) is 0 Å². The van der Waals surface area contributed by atoms with Crippen molar-refractivity contribution in [1.29, 1.82) is 0 Å². The van der Waals surface area contributed by atoms with Gasteiger partial charge in [-0.25, -0.2) is 4.79 Å². The molecule has 0 fully saturated rings. The number of carbonyl (C=O) groups excluding carboxylic acids is 1. The van der Waals surface area contributed by atoms with E-state index in [1.807, 2.05) is 6.92 Å². The predicted octanol–water partition coefficient (Wildman–Crippen LogP) is 0.329. The maximum absolute atomic E-state index is 10.5. The molecule has 0 aliphatic carbocycles. The zero-order valence-electron chi connectivity index (χ0n) is 6.95. The molecule has 1 atom stereocenters. The maximum Gasteiger partial charge on any atom is 0.326 e. The van der Waals surface area contributed by atoms with Gasteiger partial charge in [-0.3, -0.25) is 4.79 Å². The van der Waals surface area contributed by atoms with E-state index in [0.29, 0.717) is 12.8 Å². The van der Waals surface area contributed by atoms with Gasteiger partial charge >= 0.3 is 5.97 Å². The van der Waals surface area contributed by atoms with E-state index in [0.717, 1.165) is 11.5 Å². The first-order valence-electron chi connectivity index (χ1n) is 3.72. The molecule has 0 aliphatic heterocycles. The van der Waals surface area contributed by atoms with Crippen molar-refractivity contribution in [3.05, 3.63) is 0 Å². The molecule has 0 saturated heterocycles. The molecule has 0 rings (SSSR count). The summed E-state index contributed by atoms with van der Waals surface area (Å²) in [5.41, 5.74) is 0. The molecule has 0 bridgehead atoms. The molecule has 0 spiro atoms. The van der Waals surface area contributed by atoms with Gasteiger partial charge in [-0.1, -0.05) is 6.92 Å². The normalized spacial score (nSPS) is 12.1. The lowest BCUT2D eigenvalue weighted by molar-refractivity contribution is -0.140. The molecular weight excluding hydrogens is 178 g/mol. The Kier molecular flexibility index (Phi) is 6.55. The van der Waals surface area contributed by atoms with E-state index in [4.69, 9.17) is 5.11 Å². The third-order valence-electron chi connectivity index (χ3n) is 1.32. The highest BCUT2D eigenvalue weighted by molar-refractivity contribution is 7.99. The Hall–Kier alpha value is -0.710. The topological polar surface area (TPSA) is 66.4 Å². The van der Waals surface area contributed by atoms with Crippen LogP contribution in [0.2, 0.25) is 0 Å². The number of rotatable bonds is 7. The summed E-state index contributed by atoms with van der Waals surface area (Å²) in [6.07, 6.45) is 0.905. The summed E-state index contributed by atoms with van der Waals surface area (Å²) in [5.74, 6) is 0.751. The number of nitrogens with one attached hydrogen (secondary N) is 1. The van der Waals surface area contributed by atoms with E-state index < -0.39 is 12.0 Å². The number of carbonyl (C=O) groups is 2. The van der Waals surface area contributed by atoms with E-state index in [1.165, 1.54) is 0 Å². The van der Waals surface area contributed by atoms with Crippen LogP contribution in [0.25, 0.3) is 0 Å². The SMILES string of the molecule is CCSCC[C@H](NC=O)C(=O)O. The summed E-state index contributed by atoms with van der Waals surface area (Å²) < 4.78 is 0. The molecule has 0 saturated carbocycles. The molecule has 2 N–H and O–H groups in total. The van der Waals surface area contributed by atoms with E-state index >= 15 is 0 Å². The number of amides is 1. The second-order valence-corrected chi connectivity index (χ2v) is 3.55. The van der Waals surface area contributed by atoms with Gasteiger partial charge in [0, 0.05) is 0 Å². The van der Waals surface area contributed by atoms with Gasteiger partial charge in [-0.2, -0.15) is 11.8 Å². The van der Waals surface area contributed by atoms with Crippen LogP contribution in [0.1, 0.15) is 13.3 Å². The minimum atomic E-state index is -0.973. The monoisotopic (exact) mass is 191 g/mol. The fourth-order valence-electron chi connectivity index (χ4n) is 0.706. The van der Waals surface area contributed by atoms with Crippen LogP contribution in [-0.2, 0) is 9.59 Å². The van der Waals surface area contributed by atoms with Gasteiger partial charge in [0.05, 0.1) is 0 Å². The standard InChI is InChI=1S/C7H13NO3S/c1-2-12-4-3-6(7(10)11)8-5-9/h5-6H,2-4H2,1H3,(H,8,9)(H,10,11)/t6-/m0/s1. The highest BCUT2D eigenvalue weighted by atomic mass is 32.2. The second-order valence-electron chi connectivity index (χ2n) is 2.16. The average Bonchev–Trinajstić information content (AvgIpc) is 2.03. The third-order valence-corrected chi connectivity index (χ3v) is 2.25. The minimum absolute atomic E-state index is 0.426. The number of hydrogen-bond donors (Lipinski definition) is 2. The van der Waals surface area contributed by atoms with Crippen molar-refractivity contribution in [2.24, 2.45) is 0 Å². The van der Waals surface area contributed by atoms with E-state index in [1.54, 1.807) is 11.8 Å². The lowest BCUT2D eigenvalue weighted by atomic mass is 10.2. The van der Waals surface area contributed by atoms with Crippen molar-refractivity contribution >= 4 is 24.1 Å². The largest absolute Gasteiger partial charge is 0.480 e. The van der Waals surface area contributed by atoms with Crippen LogP contribution in [0, 0.1) is 0 Å². The molecule has 1 amide bonds. The van der Waals surface area contributed by atoms with Gasteiger partial charge in [0.2, 0.25) is 6.41 Å². The predicted molar refractivity (Wildman–Crippen MR) is 48.2 cm³/mol. The quantitative estimate of drug-likeness (QED) is 0.449. The minimum Gasteiger partial charge on any atom is -0.480 e. The highest BCUT2D eigenvalue weighted by Gasteiger charge is 2.14. The summed E-state index contributed by atoms with van der Waals surface area (Å²) in [6.45, 7) is 2.01. The Balaban J connectivity index is 3.63. The van der Waals surface area contributed by atoms with Gasteiger partial charge in [0.1, 0.15) is 6.04 Å². The Morgan fingerprint density at radius 1 is 1.75 bits per heavy atom. The molecule has 0 heterocycles. The zero-order valence-corrected chi connectivity index (χ0v) is 7.76. The first-order chi connectivity index (χ1) is 5.72. The first-order valence-corrected chi connectivity index (χ1v) is 4.88. The molecule has 5 heteroatoms. The molecule has 0 radical (unpaired) electrons. The van der Waals surface area contributed by atoms with Crippen molar-refractivity contribution < 1.29 is 14.7 Å². The summed E-state index contributed by atoms with van der Waals surface area (Å²) in [6, 6.07) is -0.735. The van der Waals surface area contributed by atoms with Crippen LogP contribution in [0.15, 0.2) is 0 Å². The summed E-state index contributed by atoms with van der Waals surface area (Å²) in [4.78, 5) is 20.4. The number of thioether (sulfide) groups is 1. The van der Waals surface area contributed by atoms with Crippen LogP contribution in [0.4, 0.5) is 0 Å². The average molecular weight is 191 g/mol. The molecule has 12 heavy (non-hydrogen) atoms. The summed E-state index contributed by atoms with van der Waals surface area (Å²) >= 11 is 1.66. The summed E-state index contributed by atoms with van der Waals surface area (Å²) in [7, 11) is 0. The van der Waals surface area contributed by atoms with Gasteiger partial charge in [-0.05, 0) is 17.9 Å². The van der Waals surface area contributed by atoms with Crippen molar-refractivity contribution in [3.63, 3.8) is 0 Å². The smallest absolute Gasteiger partial charge is 0.326 e. The van der Waals surface area contributed by atoms with Gasteiger partial charge < -0.3 is 10.4 Å². The fraction of sp³-hybridized carbons (Fsp3) is 0.714. The Labute approximate surface area is 75.7 Å². The van der Waals surface area contributed by atoms with Crippen LogP contribution in [0.3, 0.4) is 0 Å². The molecular formula is C7H13NO3S. The van der Waals surface area contributed by atoms with Gasteiger partial charge in [-0.15, -0.1) is 0 Å². The molecule has 4 nitrogen and oxygen atoms in total. The third kappa shape index (κ3) is 5.01. The molecule has 0 unspecified atom stereocenters. The molecule has 0 aromatic heterocycles. The zero-order chi connectivity index (χ0) is 9.40. The summed E-state index contributed by atoms with van der Waals surface area (Å²) in [5, 5.41) is 10.8. The number of aliphatic carboxylic acids is 1. The van der Waals surface area contributed by atoms with Crippen molar-refractivity contribution in [1.82, 2.24) is 5.32 Å². The second kappa shape index (κ2) is 6.97. The van der Waals surface area contributed by atoms with Crippen LogP contribution < -0.4 is 5.32 Å². The van der Waals surface area contributed by atoms with Crippen molar-refractivity contribution in [3.8, 4) is 0 Å². The lowest BCUT2D eigenvalue weighted by Gasteiger charge is -2.09. The molecule has 70 valence electrons. The lowest BCUT2D eigenvalue weighted by Crippen LogP contribution is -2.36. The Morgan fingerprint density at radius 2 is 2.42 bits per heavy atom. The molecule has 0 aromatic carbocycles. The first kappa shape index (κ1) is 11.3. The maximum atomic E-state index is 10.5. The van der Waals surface area contributed by atoms with Crippen molar-refractivity contribution in [2.45, 2.75) is 19.4 Å². The van der Waals surface area contributed by atoms with Gasteiger partial charge in [0.25, 0.3) is 0 Å². The Bertz CT molecular complexity index is 152. The van der Waals surface area contributed by atoms with E-state index in [2.05, 4.69) is 5.32 Å². The number of hydrogen-bond acceptors (Lipinski definition) is 3. The van der Waals surface area contributed by atoms with E-state index in [9.17, 15) is 9.59 Å². The van der Waals surface area contributed by atoms with Crippen molar-refractivity contribution in [2.75, 3.05) is 11.5 Å². The molecule has 0 aliphatic rings. The number of carboxylic acid groups (broad SMARTS) is 1.